The van der Waals surface area contributed by atoms with Gasteiger partial charge in [0.05, 0.1) is 23.1 Å². The fraction of sp³-hybridized carbons (Fsp3) is 0.0833. The highest BCUT2D eigenvalue weighted by Gasteiger charge is 2.09. The van der Waals surface area contributed by atoms with Crippen LogP contribution >= 0.6 is 45.5 Å². The number of halogens is 2. The van der Waals surface area contributed by atoms with Crippen LogP contribution in [0.2, 0.25) is 5.15 Å². The van der Waals surface area contributed by atoms with Crippen molar-refractivity contribution in [3.05, 3.63) is 54.7 Å². The van der Waals surface area contributed by atoms with E-state index in [1.165, 1.54) is 10.9 Å². The Bertz CT molecular complexity index is 781. The maximum Gasteiger partial charge on any atom is 0.268 e. The largest absolute Gasteiger partial charge is 0.291 e. The molecule has 0 saturated carbocycles. The van der Waals surface area contributed by atoms with Gasteiger partial charge in [-0.05, 0) is 34.7 Å². The third-order valence-electron chi connectivity index (χ3n) is 2.58. The van der Waals surface area contributed by atoms with Crippen LogP contribution in [0.1, 0.15) is 5.01 Å². The van der Waals surface area contributed by atoms with Crippen LogP contribution in [0.3, 0.4) is 0 Å². The lowest BCUT2D eigenvalue weighted by atomic mass is 10.3. The van der Waals surface area contributed by atoms with Crippen LogP contribution in [0.4, 0.5) is 0 Å². The maximum atomic E-state index is 12.0. The molecular weight excluding hydrogens is 397 g/mol. The zero-order valence-corrected chi connectivity index (χ0v) is 13.2. The molecule has 3 rings (SSSR count). The van der Waals surface area contributed by atoms with Crippen LogP contribution in [0.25, 0.3) is 10.2 Å². The van der Waals surface area contributed by atoms with E-state index in [0.717, 1.165) is 15.2 Å². The lowest BCUT2D eigenvalue weighted by Crippen LogP contribution is -2.23. The number of para-hydroxylation sites is 1. The number of nitrogens with zero attached hydrogens (tertiary/aromatic N) is 3. The van der Waals surface area contributed by atoms with Gasteiger partial charge in [-0.15, -0.1) is 11.3 Å². The van der Waals surface area contributed by atoms with Crippen molar-refractivity contribution in [2.24, 2.45) is 0 Å². The van der Waals surface area contributed by atoms with E-state index in [1.54, 1.807) is 11.3 Å². The van der Waals surface area contributed by atoms with Crippen molar-refractivity contribution in [2.75, 3.05) is 0 Å². The third-order valence-corrected chi connectivity index (χ3v) is 5.18. The molecule has 0 radical (unpaired) electrons. The number of fused-ring (bicyclic) bond motifs is 1. The van der Waals surface area contributed by atoms with Gasteiger partial charge in [0, 0.05) is 0 Å². The summed E-state index contributed by atoms with van der Waals surface area (Å²) in [6.07, 6.45) is 1.46. The van der Waals surface area contributed by atoms with E-state index in [1.807, 2.05) is 46.9 Å². The summed E-state index contributed by atoms with van der Waals surface area (Å²) in [6, 6.07) is 7.90. The van der Waals surface area contributed by atoms with Gasteiger partial charge >= 0.3 is 0 Å². The minimum absolute atomic E-state index is 0.139. The van der Waals surface area contributed by atoms with Crippen LogP contribution in [0.5, 0.6) is 0 Å². The molecule has 4 nitrogen and oxygen atoms in total. The Morgan fingerprint density at radius 2 is 2.16 bits per heavy atom. The molecule has 1 aromatic carbocycles. The predicted molar refractivity (Wildman–Crippen MR) is 84.9 cm³/mol. The molecule has 3 aromatic rings. The first-order chi connectivity index (χ1) is 9.15. The van der Waals surface area contributed by atoms with Crippen molar-refractivity contribution in [1.82, 2.24) is 14.5 Å². The minimum Gasteiger partial charge on any atom is -0.291 e. The molecule has 0 aliphatic heterocycles. The number of hydrogen-bond donors (Lipinski definition) is 0. The highest BCUT2D eigenvalue weighted by Crippen LogP contribution is 2.22. The smallest absolute Gasteiger partial charge is 0.268 e. The summed E-state index contributed by atoms with van der Waals surface area (Å²) in [4.78, 5) is 20.5. The summed E-state index contributed by atoms with van der Waals surface area (Å²) in [6.45, 7) is 0.415. The average molecular weight is 404 g/mol. The van der Waals surface area contributed by atoms with Crippen molar-refractivity contribution in [3.8, 4) is 0 Å². The van der Waals surface area contributed by atoms with Crippen LogP contribution in [-0.4, -0.2) is 14.5 Å². The summed E-state index contributed by atoms with van der Waals surface area (Å²) in [7, 11) is 0. The minimum atomic E-state index is -0.139. The van der Waals surface area contributed by atoms with E-state index in [9.17, 15) is 4.79 Å². The molecule has 96 valence electrons. The van der Waals surface area contributed by atoms with Gasteiger partial charge in [0.25, 0.3) is 5.56 Å². The second-order valence-corrected chi connectivity index (χ2v) is 6.41. The molecule has 0 N–H and O–H groups in total. The van der Waals surface area contributed by atoms with Crippen LogP contribution in [0, 0.1) is 3.57 Å². The molecule has 0 atom stereocenters. The zero-order valence-electron chi connectivity index (χ0n) is 9.51. The lowest BCUT2D eigenvalue weighted by molar-refractivity contribution is 0.727. The van der Waals surface area contributed by atoms with Crippen LogP contribution < -0.4 is 5.56 Å². The fourth-order valence-electron chi connectivity index (χ4n) is 1.69. The van der Waals surface area contributed by atoms with Crippen molar-refractivity contribution in [3.63, 3.8) is 0 Å². The van der Waals surface area contributed by atoms with E-state index in [4.69, 9.17) is 11.6 Å². The molecule has 0 amide bonds. The molecule has 19 heavy (non-hydrogen) atoms. The zero-order chi connectivity index (χ0) is 13.4. The quantitative estimate of drug-likeness (QED) is 0.488. The SMILES string of the molecule is O=c1c(I)c(Cl)ncn1Cc1nc2ccccc2s1. The van der Waals surface area contributed by atoms with Gasteiger partial charge in [0.2, 0.25) is 0 Å². The van der Waals surface area contributed by atoms with Crippen LogP contribution in [-0.2, 0) is 6.54 Å². The summed E-state index contributed by atoms with van der Waals surface area (Å²) < 4.78 is 3.07. The maximum absolute atomic E-state index is 12.0. The van der Waals surface area contributed by atoms with Crippen molar-refractivity contribution >= 4 is 55.7 Å². The Morgan fingerprint density at radius 3 is 2.95 bits per heavy atom. The van der Waals surface area contributed by atoms with Crippen molar-refractivity contribution in [1.29, 1.82) is 0 Å². The van der Waals surface area contributed by atoms with E-state index in [2.05, 4.69) is 9.97 Å². The van der Waals surface area contributed by atoms with Gasteiger partial charge in [-0.1, -0.05) is 23.7 Å². The molecule has 0 aliphatic rings. The van der Waals surface area contributed by atoms with E-state index in [-0.39, 0.29) is 10.7 Å². The summed E-state index contributed by atoms with van der Waals surface area (Å²) >= 11 is 9.29. The first-order valence-electron chi connectivity index (χ1n) is 5.40. The van der Waals surface area contributed by atoms with Gasteiger partial charge in [-0.3, -0.25) is 9.36 Å². The van der Waals surface area contributed by atoms with E-state index in [0.29, 0.717) is 10.1 Å². The Hall–Kier alpha value is -0.990. The standard InChI is InChI=1S/C12H7ClIN3OS/c13-11-10(14)12(18)17(6-15-11)5-9-16-7-3-1-2-4-8(7)19-9/h1-4,6H,5H2. The highest BCUT2D eigenvalue weighted by molar-refractivity contribution is 14.1. The first-order valence-corrected chi connectivity index (χ1v) is 7.67. The number of aromatic nitrogens is 3. The summed E-state index contributed by atoms with van der Waals surface area (Å²) in [5, 5.41) is 1.12. The third kappa shape index (κ3) is 2.52. The molecule has 7 heteroatoms. The van der Waals surface area contributed by atoms with Gasteiger partial charge in [-0.25, -0.2) is 9.97 Å². The van der Waals surface area contributed by atoms with Gasteiger partial charge in [0.15, 0.2) is 0 Å². The molecular formula is C12H7ClIN3OS. The topological polar surface area (TPSA) is 47.8 Å². The Kier molecular flexibility index (Phi) is 3.55. The lowest BCUT2D eigenvalue weighted by Gasteiger charge is -2.03. The van der Waals surface area contributed by atoms with Gasteiger partial charge in [0.1, 0.15) is 13.7 Å². The highest BCUT2D eigenvalue weighted by atomic mass is 127. The second-order valence-electron chi connectivity index (χ2n) is 3.86. The normalized spacial score (nSPS) is 11.1. The molecule has 0 spiro atoms. The number of thiazole rings is 1. The molecule has 0 unspecified atom stereocenters. The molecule has 0 bridgehead atoms. The van der Waals surface area contributed by atoms with Crippen LogP contribution in [0.15, 0.2) is 35.4 Å². The van der Waals surface area contributed by atoms with Crippen molar-refractivity contribution < 1.29 is 0 Å². The number of benzene rings is 1. The van der Waals surface area contributed by atoms with E-state index < -0.39 is 0 Å². The molecule has 2 aromatic heterocycles. The molecule has 0 aliphatic carbocycles. The fourth-order valence-corrected chi connectivity index (χ4v) is 3.23. The first kappa shape index (κ1) is 13.0. The Balaban J connectivity index is 2.01. The number of hydrogen-bond acceptors (Lipinski definition) is 4. The Morgan fingerprint density at radius 1 is 1.37 bits per heavy atom. The van der Waals surface area contributed by atoms with Crippen molar-refractivity contribution in [2.45, 2.75) is 6.54 Å². The van der Waals surface area contributed by atoms with Gasteiger partial charge in [-0.2, -0.15) is 0 Å². The second kappa shape index (κ2) is 5.18. The Labute approximate surface area is 131 Å². The van der Waals surface area contributed by atoms with E-state index >= 15 is 0 Å². The molecule has 0 saturated heterocycles. The molecule has 2 heterocycles. The predicted octanol–water partition coefficient (Wildman–Crippen LogP) is 3.16. The molecule has 0 fully saturated rings. The monoisotopic (exact) mass is 403 g/mol. The number of rotatable bonds is 2. The summed E-state index contributed by atoms with van der Waals surface area (Å²) in [5.74, 6) is 0. The average Bonchev–Trinajstić information content (AvgIpc) is 2.82. The van der Waals surface area contributed by atoms with Gasteiger partial charge < -0.3 is 0 Å². The summed E-state index contributed by atoms with van der Waals surface area (Å²) in [5.41, 5.74) is 0.812.